The molecular weight excluding hydrogens is 400 g/mol. The Bertz CT molecular complexity index is 1120. The molecule has 3 amide bonds. The topological polar surface area (TPSA) is 82.3 Å². The molecule has 0 aliphatic carbocycles. The lowest BCUT2D eigenvalue weighted by Crippen LogP contribution is -2.64. The van der Waals surface area contributed by atoms with Crippen molar-refractivity contribution in [3.05, 3.63) is 58.9 Å². The molecule has 0 spiro atoms. The summed E-state index contributed by atoms with van der Waals surface area (Å²) >= 11 is 1.64. The molecule has 0 saturated carbocycles. The van der Waals surface area contributed by atoms with Gasteiger partial charge in [-0.3, -0.25) is 19.4 Å². The van der Waals surface area contributed by atoms with Crippen LogP contribution in [0.4, 0.5) is 4.79 Å². The Labute approximate surface area is 177 Å². The van der Waals surface area contributed by atoms with E-state index in [0.717, 1.165) is 22.1 Å². The van der Waals surface area contributed by atoms with Crippen LogP contribution in [-0.4, -0.2) is 55.7 Å². The van der Waals surface area contributed by atoms with Gasteiger partial charge >= 0.3 is 6.03 Å². The fourth-order valence-corrected chi connectivity index (χ4v) is 4.99. The fourth-order valence-electron chi connectivity index (χ4n) is 4.16. The number of hydrogen-bond donors (Lipinski definition) is 1. The molecule has 3 aromatic rings. The summed E-state index contributed by atoms with van der Waals surface area (Å²) in [7, 11) is 0. The summed E-state index contributed by atoms with van der Waals surface area (Å²) in [6, 6.07) is 9.07. The number of aromatic nitrogens is 2. The Kier molecular flexibility index (Phi) is 4.54. The number of likely N-dealkylation sites (N-methyl/N-ethyl adjacent to an activating group) is 1. The van der Waals surface area contributed by atoms with E-state index in [1.807, 2.05) is 52.8 Å². The van der Waals surface area contributed by atoms with Crippen molar-refractivity contribution in [3.63, 3.8) is 0 Å². The van der Waals surface area contributed by atoms with Gasteiger partial charge in [-0.05, 0) is 19.4 Å². The van der Waals surface area contributed by atoms with Gasteiger partial charge in [-0.2, -0.15) is 0 Å². The molecule has 4 heterocycles. The van der Waals surface area contributed by atoms with Crippen LogP contribution in [0.2, 0.25) is 0 Å². The zero-order chi connectivity index (χ0) is 20.8. The van der Waals surface area contributed by atoms with Crippen LogP contribution >= 0.6 is 11.3 Å². The van der Waals surface area contributed by atoms with Crippen LogP contribution in [0.5, 0.6) is 0 Å². The summed E-state index contributed by atoms with van der Waals surface area (Å²) < 4.78 is 2.02. The van der Waals surface area contributed by atoms with Crippen LogP contribution in [0.3, 0.4) is 0 Å². The van der Waals surface area contributed by atoms with Gasteiger partial charge in [0.2, 0.25) is 0 Å². The number of amides is 3. The minimum atomic E-state index is -0.538. The monoisotopic (exact) mass is 422 g/mol. The van der Waals surface area contributed by atoms with Crippen LogP contribution in [0.1, 0.15) is 23.1 Å². The summed E-state index contributed by atoms with van der Waals surface area (Å²) in [6.07, 6.45) is 4.05. The van der Waals surface area contributed by atoms with Crippen molar-refractivity contribution in [2.45, 2.75) is 39.0 Å². The van der Waals surface area contributed by atoms with Crippen LogP contribution in [0.15, 0.2) is 47.7 Å². The molecule has 0 bridgehead atoms. The summed E-state index contributed by atoms with van der Waals surface area (Å²) in [4.78, 5) is 40.5. The molecule has 5 rings (SSSR count). The number of urea groups is 1. The summed E-state index contributed by atoms with van der Waals surface area (Å²) in [6.45, 7) is 4.98. The molecule has 8 nitrogen and oxygen atoms in total. The first-order valence-corrected chi connectivity index (χ1v) is 10.8. The Morgan fingerprint density at radius 3 is 2.67 bits per heavy atom. The number of hydrogen-bond acceptors (Lipinski definition) is 6. The smallest absolute Gasteiger partial charge is 0.325 e. The van der Waals surface area contributed by atoms with Gasteiger partial charge in [0.15, 0.2) is 17.2 Å². The standard InChI is InChI=1S/C21H22N6O2S/c1-3-26-18-17(19(28)24-20(26)29)27(11-14-7-5-4-6-8-14)16(23-18)9-15-12-25-10-13(2)30-21(25)22-15/h4-8,10,12,17-18H,3,9,11H2,1-2H3,(H,24,28,29). The van der Waals surface area contributed by atoms with E-state index in [4.69, 9.17) is 9.98 Å². The molecule has 1 aromatic carbocycles. The molecule has 1 fully saturated rings. The zero-order valence-electron chi connectivity index (χ0n) is 16.8. The van der Waals surface area contributed by atoms with Crippen molar-refractivity contribution in [3.8, 4) is 0 Å². The highest BCUT2D eigenvalue weighted by atomic mass is 32.1. The van der Waals surface area contributed by atoms with Gasteiger partial charge in [-0.25, -0.2) is 14.8 Å². The maximum absolute atomic E-state index is 12.8. The predicted molar refractivity (Wildman–Crippen MR) is 114 cm³/mol. The van der Waals surface area contributed by atoms with Crippen molar-refractivity contribution in [2.75, 3.05) is 6.54 Å². The average molecular weight is 423 g/mol. The second-order valence-corrected chi connectivity index (χ2v) is 8.75. The number of benzene rings is 1. The maximum atomic E-state index is 12.8. The second-order valence-electron chi connectivity index (χ2n) is 7.54. The Hall–Kier alpha value is -3.20. The first kappa shape index (κ1) is 18.8. The normalized spacial score (nSPS) is 21.2. The molecule has 2 atom stereocenters. The number of carbonyl (C=O) groups is 2. The van der Waals surface area contributed by atoms with Gasteiger partial charge in [0.1, 0.15) is 5.84 Å². The van der Waals surface area contributed by atoms with E-state index in [2.05, 4.69) is 18.4 Å². The van der Waals surface area contributed by atoms with Crippen LogP contribution in [-0.2, 0) is 17.8 Å². The van der Waals surface area contributed by atoms with Crippen LogP contribution in [0.25, 0.3) is 4.96 Å². The van der Waals surface area contributed by atoms with Crippen molar-refractivity contribution in [1.29, 1.82) is 0 Å². The number of aryl methyl sites for hydroxylation is 1. The molecule has 30 heavy (non-hydrogen) atoms. The Balaban J connectivity index is 1.50. The van der Waals surface area contributed by atoms with Crippen LogP contribution in [0, 0.1) is 6.92 Å². The van der Waals surface area contributed by atoms with Gasteiger partial charge in [-0.15, -0.1) is 11.3 Å². The third kappa shape index (κ3) is 3.15. The van der Waals surface area contributed by atoms with Gasteiger partial charge in [-0.1, -0.05) is 30.3 Å². The first-order valence-electron chi connectivity index (χ1n) is 9.96. The minimum absolute atomic E-state index is 0.300. The summed E-state index contributed by atoms with van der Waals surface area (Å²) in [5, 5.41) is 2.49. The summed E-state index contributed by atoms with van der Waals surface area (Å²) in [5.41, 5.74) is 1.98. The molecule has 2 aliphatic heterocycles. The number of rotatable bonds is 5. The second kappa shape index (κ2) is 7.24. The van der Waals surface area contributed by atoms with E-state index in [0.29, 0.717) is 19.5 Å². The number of aliphatic imine (C=N–C) groups is 1. The quantitative estimate of drug-likeness (QED) is 0.685. The average Bonchev–Trinajstić information content (AvgIpc) is 3.35. The molecule has 2 aliphatic rings. The van der Waals surface area contributed by atoms with Crippen molar-refractivity contribution in [2.24, 2.45) is 4.99 Å². The zero-order valence-corrected chi connectivity index (χ0v) is 17.6. The lowest BCUT2D eigenvalue weighted by molar-refractivity contribution is -0.127. The van der Waals surface area contributed by atoms with Crippen molar-refractivity contribution in [1.82, 2.24) is 24.5 Å². The van der Waals surface area contributed by atoms with E-state index < -0.39 is 12.2 Å². The molecule has 1 saturated heterocycles. The predicted octanol–water partition coefficient (Wildman–Crippen LogP) is 2.43. The minimum Gasteiger partial charge on any atom is -0.340 e. The molecule has 1 N–H and O–H groups in total. The highest BCUT2D eigenvalue weighted by Crippen LogP contribution is 2.28. The third-order valence-corrected chi connectivity index (χ3v) is 6.42. The Morgan fingerprint density at radius 2 is 1.93 bits per heavy atom. The fraction of sp³-hybridized carbons (Fsp3) is 0.333. The largest absolute Gasteiger partial charge is 0.340 e. The van der Waals surface area contributed by atoms with E-state index in [1.165, 1.54) is 4.88 Å². The number of imide groups is 1. The van der Waals surface area contributed by atoms with Gasteiger partial charge in [0.05, 0.1) is 5.69 Å². The Morgan fingerprint density at radius 1 is 1.13 bits per heavy atom. The van der Waals surface area contributed by atoms with E-state index in [9.17, 15) is 9.59 Å². The summed E-state index contributed by atoms with van der Waals surface area (Å²) in [5.74, 6) is 0.477. The molecule has 154 valence electrons. The lowest BCUT2D eigenvalue weighted by atomic mass is 10.1. The number of imidazole rings is 1. The highest BCUT2D eigenvalue weighted by molar-refractivity contribution is 7.16. The highest BCUT2D eigenvalue weighted by Gasteiger charge is 2.49. The number of amidine groups is 1. The number of carbonyl (C=O) groups excluding carboxylic acids is 2. The van der Waals surface area contributed by atoms with E-state index in [-0.39, 0.29) is 11.9 Å². The molecule has 2 unspecified atom stereocenters. The maximum Gasteiger partial charge on any atom is 0.325 e. The number of fused-ring (bicyclic) bond motifs is 2. The van der Waals surface area contributed by atoms with Crippen molar-refractivity contribution >= 4 is 34.1 Å². The van der Waals surface area contributed by atoms with Crippen molar-refractivity contribution < 1.29 is 9.59 Å². The third-order valence-electron chi connectivity index (χ3n) is 5.51. The van der Waals surface area contributed by atoms with Gasteiger partial charge in [0.25, 0.3) is 5.91 Å². The molecular formula is C21H22N6O2S. The molecule has 9 heteroatoms. The lowest BCUT2D eigenvalue weighted by Gasteiger charge is -2.37. The first-order chi connectivity index (χ1) is 14.5. The number of nitrogens with zero attached hydrogens (tertiary/aromatic N) is 5. The SMILES string of the molecule is CCN1C(=O)NC(=O)C2C1N=C(Cc1cn3cc(C)sc3n1)N2Cc1ccccc1. The number of nitrogens with one attached hydrogen (secondary N) is 1. The van der Waals surface area contributed by atoms with Crippen LogP contribution < -0.4 is 5.32 Å². The molecule has 2 aromatic heterocycles. The van der Waals surface area contributed by atoms with E-state index in [1.54, 1.807) is 16.2 Å². The van der Waals surface area contributed by atoms with Gasteiger partial charge in [0, 0.05) is 36.8 Å². The number of thiazole rings is 1. The van der Waals surface area contributed by atoms with Gasteiger partial charge < -0.3 is 4.90 Å². The molecule has 0 radical (unpaired) electrons. The van der Waals surface area contributed by atoms with E-state index >= 15 is 0 Å².